The first-order chi connectivity index (χ1) is 18.1. The number of rotatable bonds is 21. The van der Waals surface area contributed by atoms with Crippen LogP contribution in [0.15, 0.2) is 24.3 Å². The molecular weight excluding hydrogens is 464 g/mol. The maximum absolute atomic E-state index is 12.9. The van der Waals surface area contributed by atoms with Gasteiger partial charge in [0.2, 0.25) is 0 Å². The van der Waals surface area contributed by atoms with Crippen LogP contribution < -0.4 is 4.74 Å². The molecule has 1 aliphatic heterocycles. The Hall–Kier alpha value is -2.48. The second-order valence-corrected chi connectivity index (χ2v) is 10.3. The summed E-state index contributed by atoms with van der Waals surface area (Å²) in [7, 11) is 0. The van der Waals surface area contributed by atoms with Crippen molar-refractivity contribution in [1.29, 1.82) is 0 Å². The molecule has 0 radical (unpaired) electrons. The van der Waals surface area contributed by atoms with Gasteiger partial charge in [-0.3, -0.25) is 4.79 Å². The fourth-order valence-corrected chi connectivity index (χ4v) is 4.90. The molecule has 1 saturated heterocycles. The smallest absolute Gasteiger partial charge is 0.338 e. The molecule has 1 aromatic carbocycles. The van der Waals surface area contributed by atoms with Crippen LogP contribution in [0.2, 0.25) is 0 Å². The number of terminal acetylenes is 1. The van der Waals surface area contributed by atoms with Crippen molar-refractivity contribution in [2.75, 3.05) is 6.61 Å². The highest BCUT2D eigenvalue weighted by molar-refractivity contribution is 5.89. The Morgan fingerprint density at radius 3 is 2.11 bits per heavy atom. The molecule has 1 fully saturated rings. The summed E-state index contributed by atoms with van der Waals surface area (Å²) in [5.74, 6) is 2.53. The third-order valence-electron chi connectivity index (χ3n) is 7.20. The first-order valence-electron chi connectivity index (χ1n) is 14.7. The number of carbonyl (C=O) groups is 2. The fraction of sp³-hybridized carbons (Fsp3) is 0.688. The van der Waals surface area contributed by atoms with E-state index in [0.29, 0.717) is 17.7 Å². The topological polar surface area (TPSA) is 61.8 Å². The maximum atomic E-state index is 12.9. The van der Waals surface area contributed by atoms with Crippen molar-refractivity contribution < 1.29 is 23.8 Å². The van der Waals surface area contributed by atoms with Crippen LogP contribution >= 0.6 is 0 Å². The standard InChI is InChI=1S/C32H48O5/c1-4-7-9-11-12-13-14-15-16-18-28(25-30-29(32(34)37-30)19-17-10-8-5-2)36-31(33)26-20-22-27(23-21-26)35-24-6-3/h3,20-23,28-30H,4-5,7-19,24-25H2,1-2H3/t28-,29-,30-/m0/s1. The van der Waals surface area contributed by atoms with Crippen molar-refractivity contribution >= 4 is 11.9 Å². The predicted octanol–water partition coefficient (Wildman–Crippen LogP) is 8.05. The van der Waals surface area contributed by atoms with Crippen molar-refractivity contribution in [3.63, 3.8) is 0 Å². The number of unbranched alkanes of at least 4 members (excludes halogenated alkanes) is 11. The predicted molar refractivity (Wildman–Crippen MR) is 149 cm³/mol. The van der Waals surface area contributed by atoms with Crippen LogP contribution in [0.1, 0.15) is 127 Å². The highest BCUT2D eigenvalue weighted by Crippen LogP contribution is 2.33. The minimum Gasteiger partial charge on any atom is -0.481 e. The summed E-state index contributed by atoms with van der Waals surface area (Å²) in [6.07, 6.45) is 22.8. The molecule has 3 atom stereocenters. The van der Waals surface area contributed by atoms with Crippen LogP contribution in [0.25, 0.3) is 0 Å². The highest BCUT2D eigenvalue weighted by Gasteiger charge is 2.43. The van der Waals surface area contributed by atoms with E-state index >= 15 is 0 Å². The monoisotopic (exact) mass is 512 g/mol. The molecule has 0 amide bonds. The minimum absolute atomic E-state index is 0.0613. The van der Waals surface area contributed by atoms with Gasteiger partial charge < -0.3 is 14.2 Å². The van der Waals surface area contributed by atoms with Crippen molar-refractivity contribution in [2.45, 2.75) is 129 Å². The number of hydrogen-bond donors (Lipinski definition) is 0. The molecular formula is C32H48O5. The van der Waals surface area contributed by atoms with E-state index in [1.54, 1.807) is 24.3 Å². The molecule has 1 heterocycles. The number of ether oxygens (including phenoxy) is 3. The zero-order chi connectivity index (χ0) is 26.7. The van der Waals surface area contributed by atoms with Gasteiger partial charge in [-0.15, -0.1) is 6.42 Å². The van der Waals surface area contributed by atoms with Gasteiger partial charge in [0.15, 0.2) is 0 Å². The second-order valence-electron chi connectivity index (χ2n) is 10.3. The first kappa shape index (κ1) is 30.7. The van der Waals surface area contributed by atoms with Crippen LogP contribution in [0.5, 0.6) is 5.75 Å². The van der Waals surface area contributed by atoms with E-state index in [-0.39, 0.29) is 36.7 Å². The van der Waals surface area contributed by atoms with Crippen LogP contribution in [-0.4, -0.2) is 30.8 Å². The molecule has 5 heteroatoms. The van der Waals surface area contributed by atoms with Gasteiger partial charge in [0.25, 0.3) is 0 Å². The number of benzene rings is 1. The van der Waals surface area contributed by atoms with E-state index < -0.39 is 0 Å². The van der Waals surface area contributed by atoms with Crippen LogP contribution in [-0.2, 0) is 14.3 Å². The number of carbonyl (C=O) groups excluding carboxylic acids is 2. The Labute approximate surface area is 225 Å². The summed E-state index contributed by atoms with van der Waals surface area (Å²) in [6, 6.07) is 6.85. The van der Waals surface area contributed by atoms with Gasteiger partial charge in [-0.2, -0.15) is 0 Å². The lowest BCUT2D eigenvalue weighted by molar-refractivity contribution is -0.188. The highest BCUT2D eigenvalue weighted by atomic mass is 16.6. The average molecular weight is 513 g/mol. The largest absolute Gasteiger partial charge is 0.481 e. The lowest BCUT2D eigenvalue weighted by Crippen LogP contribution is -2.47. The molecule has 206 valence electrons. The van der Waals surface area contributed by atoms with Crippen LogP contribution in [0.4, 0.5) is 0 Å². The fourth-order valence-electron chi connectivity index (χ4n) is 4.90. The Morgan fingerprint density at radius 2 is 1.51 bits per heavy atom. The van der Waals surface area contributed by atoms with Crippen molar-refractivity contribution in [3.05, 3.63) is 29.8 Å². The zero-order valence-corrected chi connectivity index (χ0v) is 23.2. The summed E-state index contributed by atoms with van der Waals surface area (Å²) < 4.78 is 16.9. The quantitative estimate of drug-likeness (QED) is 0.0947. The summed E-state index contributed by atoms with van der Waals surface area (Å²) >= 11 is 0. The van der Waals surface area contributed by atoms with Gasteiger partial charge >= 0.3 is 11.9 Å². The zero-order valence-electron chi connectivity index (χ0n) is 23.2. The van der Waals surface area contributed by atoms with Gasteiger partial charge in [0, 0.05) is 6.42 Å². The Balaban J connectivity index is 1.86. The molecule has 1 aromatic rings. The molecule has 1 aliphatic rings. The molecule has 0 spiro atoms. The number of esters is 2. The molecule has 0 aliphatic carbocycles. The average Bonchev–Trinajstić information content (AvgIpc) is 2.90. The summed E-state index contributed by atoms with van der Waals surface area (Å²) in [5, 5.41) is 0. The van der Waals surface area contributed by atoms with Gasteiger partial charge in [0.05, 0.1) is 11.5 Å². The Kier molecular flexibility index (Phi) is 15.6. The van der Waals surface area contributed by atoms with Crippen molar-refractivity contribution in [3.8, 4) is 18.1 Å². The Bertz CT molecular complexity index is 809. The SMILES string of the molecule is C#CCOc1ccc(C(=O)O[C@@H](CCCCCCCCCCC)C[C@@H]2OC(=O)[C@H]2CCCCCC)cc1. The van der Waals surface area contributed by atoms with E-state index in [1.807, 2.05) is 0 Å². The minimum atomic E-state index is -0.352. The molecule has 0 N–H and O–H groups in total. The summed E-state index contributed by atoms with van der Waals surface area (Å²) in [5.41, 5.74) is 0.479. The van der Waals surface area contributed by atoms with Crippen molar-refractivity contribution in [2.24, 2.45) is 5.92 Å². The van der Waals surface area contributed by atoms with Crippen molar-refractivity contribution in [1.82, 2.24) is 0 Å². The van der Waals surface area contributed by atoms with E-state index in [4.69, 9.17) is 20.6 Å². The van der Waals surface area contributed by atoms with Crippen LogP contribution in [0, 0.1) is 18.3 Å². The Morgan fingerprint density at radius 1 is 0.919 bits per heavy atom. The van der Waals surface area contributed by atoms with E-state index in [0.717, 1.165) is 38.5 Å². The molecule has 0 bridgehead atoms. The molecule has 37 heavy (non-hydrogen) atoms. The molecule has 0 unspecified atom stereocenters. The summed E-state index contributed by atoms with van der Waals surface area (Å²) in [6.45, 7) is 4.61. The third kappa shape index (κ3) is 12.1. The lowest BCUT2D eigenvalue weighted by atomic mass is 9.86. The molecule has 5 nitrogen and oxygen atoms in total. The molecule has 2 rings (SSSR count). The van der Waals surface area contributed by atoms with E-state index in [9.17, 15) is 9.59 Å². The third-order valence-corrected chi connectivity index (χ3v) is 7.20. The van der Waals surface area contributed by atoms with Gasteiger partial charge in [-0.25, -0.2) is 4.79 Å². The number of cyclic esters (lactones) is 1. The second kappa shape index (κ2) is 18.7. The van der Waals surface area contributed by atoms with Gasteiger partial charge in [0.1, 0.15) is 24.6 Å². The van der Waals surface area contributed by atoms with Gasteiger partial charge in [-0.05, 0) is 43.5 Å². The lowest BCUT2D eigenvalue weighted by Gasteiger charge is -2.37. The summed E-state index contributed by atoms with van der Waals surface area (Å²) in [4.78, 5) is 25.0. The normalized spacial score (nSPS) is 17.4. The molecule has 0 saturated carbocycles. The first-order valence-corrected chi connectivity index (χ1v) is 14.7. The van der Waals surface area contributed by atoms with Gasteiger partial charge in [-0.1, -0.05) is 96.8 Å². The number of hydrogen-bond acceptors (Lipinski definition) is 5. The van der Waals surface area contributed by atoms with E-state index in [2.05, 4.69) is 19.8 Å². The van der Waals surface area contributed by atoms with E-state index in [1.165, 1.54) is 57.8 Å². The maximum Gasteiger partial charge on any atom is 0.338 e. The van der Waals surface area contributed by atoms with Crippen LogP contribution in [0.3, 0.4) is 0 Å². The molecule has 0 aromatic heterocycles.